The van der Waals surface area contributed by atoms with Gasteiger partial charge in [-0.1, -0.05) is 23.7 Å². The van der Waals surface area contributed by atoms with E-state index in [1.807, 2.05) is 0 Å². The Morgan fingerprint density at radius 1 is 1.00 bits per heavy atom. The highest BCUT2D eigenvalue weighted by Gasteiger charge is 2.48. The van der Waals surface area contributed by atoms with Crippen LogP contribution in [0, 0.1) is 0 Å². The van der Waals surface area contributed by atoms with E-state index < -0.39 is 33.1 Å². The maximum atomic E-state index is 12.4. The highest BCUT2D eigenvalue weighted by Crippen LogP contribution is 2.27. The monoisotopic (exact) mass is 448 g/mol. The van der Waals surface area contributed by atoms with Crippen LogP contribution in [0.25, 0.3) is 0 Å². The van der Waals surface area contributed by atoms with Crippen molar-refractivity contribution in [2.75, 3.05) is 0 Å². The van der Waals surface area contributed by atoms with Gasteiger partial charge in [-0.2, -0.15) is 26.7 Å². The first kappa shape index (κ1) is 22.4. The van der Waals surface area contributed by atoms with Crippen LogP contribution >= 0.6 is 11.6 Å². The molecule has 0 unspecified atom stereocenters. The van der Waals surface area contributed by atoms with Crippen molar-refractivity contribution in [3.63, 3.8) is 0 Å². The number of alkyl halides is 3. The van der Waals surface area contributed by atoms with Crippen molar-refractivity contribution in [3.05, 3.63) is 64.7 Å². The third-order valence-electron chi connectivity index (χ3n) is 3.32. The molecule has 0 saturated heterocycles. The Balaban J connectivity index is 2.38. The minimum Gasteiger partial charge on any atom is -0.376 e. The van der Waals surface area contributed by atoms with E-state index >= 15 is 0 Å². The second-order valence-corrected chi connectivity index (χ2v) is 7.45. The molecule has 1 amide bonds. The average molecular weight is 449 g/mol. The molecule has 0 aliphatic carbocycles. The number of benzene rings is 2. The van der Waals surface area contributed by atoms with Gasteiger partial charge < -0.3 is 4.18 Å². The van der Waals surface area contributed by atoms with Crippen LogP contribution in [0.1, 0.15) is 18.1 Å². The zero-order valence-corrected chi connectivity index (χ0v) is 16.1. The average Bonchev–Trinajstić information content (AvgIpc) is 2.63. The molecule has 0 atom stereocenters. The van der Waals surface area contributed by atoms with Crippen molar-refractivity contribution in [2.24, 2.45) is 5.10 Å². The van der Waals surface area contributed by atoms with Crippen LogP contribution in [0.4, 0.5) is 13.2 Å². The summed E-state index contributed by atoms with van der Waals surface area (Å²) < 4.78 is 63.4. The number of nitrogens with one attached hydrogen (secondary N) is 1. The Kier molecular flexibility index (Phi) is 6.65. The summed E-state index contributed by atoms with van der Waals surface area (Å²) in [5.74, 6) is -2.34. The molecule has 0 aliphatic rings. The number of hydrogen-bond donors (Lipinski definition) is 1. The fourth-order valence-electron chi connectivity index (χ4n) is 1.93. The SMILES string of the molecule is CC(=O)C(=O)N/N=C(\c1ccc(Cl)cc1)c1ccc(OS(=O)(=O)C(F)(F)F)cc1. The number of carbonyl (C=O) groups excluding carboxylic acids is 2. The number of amides is 1. The fraction of sp³-hybridized carbons (Fsp3) is 0.118. The summed E-state index contributed by atoms with van der Waals surface area (Å²) in [4.78, 5) is 22.6. The van der Waals surface area contributed by atoms with E-state index in [2.05, 4.69) is 14.7 Å². The van der Waals surface area contributed by atoms with Crippen LogP contribution in [0.15, 0.2) is 53.6 Å². The summed E-state index contributed by atoms with van der Waals surface area (Å²) in [5, 5.41) is 4.29. The lowest BCUT2D eigenvalue weighted by Crippen LogP contribution is -2.28. The minimum absolute atomic E-state index is 0.140. The van der Waals surface area contributed by atoms with Crippen molar-refractivity contribution in [1.82, 2.24) is 5.43 Å². The zero-order valence-electron chi connectivity index (χ0n) is 14.5. The van der Waals surface area contributed by atoms with Gasteiger partial charge in [0.1, 0.15) is 5.75 Å². The second kappa shape index (κ2) is 8.62. The third kappa shape index (κ3) is 5.78. The van der Waals surface area contributed by atoms with Gasteiger partial charge in [-0.05, 0) is 36.4 Å². The van der Waals surface area contributed by atoms with Crippen LogP contribution in [0.3, 0.4) is 0 Å². The molecule has 0 aliphatic heterocycles. The fourth-order valence-corrected chi connectivity index (χ4v) is 2.52. The molecular formula is C17H12ClF3N2O5S. The number of carbonyl (C=O) groups is 2. The van der Waals surface area contributed by atoms with Gasteiger partial charge in [-0.15, -0.1) is 0 Å². The van der Waals surface area contributed by atoms with E-state index in [0.29, 0.717) is 10.6 Å². The molecule has 2 aromatic carbocycles. The molecule has 2 rings (SSSR count). The van der Waals surface area contributed by atoms with Gasteiger partial charge in [-0.3, -0.25) is 9.59 Å². The summed E-state index contributed by atoms with van der Waals surface area (Å²) >= 11 is 5.83. The number of Topliss-reactive ketones (excluding diaryl/α,β-unsaturated/α-hetero) is 1. The molecule has 0 saturated carbocycles. The van der Waals surface area contributed by atoms with E-state index in [1.54, 1.807) is 12.1 Å². The van der Waals surface area contributed by atoms with Crippen LogP contribution in [-0.2, 0) is 19.7 Å². The summed E-state index contributed by atoms with van der Waals surface area (Å²) in [6.07, 6.45) is 0. The van der Waals surface area contributed by atoms with Gasteiger partial charge in [0.2, 0.25) is 5.78 Å². The number of rotatable bonds is 6. The molecule has 154 valence electrons. The summed E-state index contributed by atoms with van der Waals surface area (Å²) in [5.41, 5.74) is -2.63. The van der Waals surface area contributed by atoms with E-state index in [-0.39, 0.29) is 11.3 Å². The Labute approximate surface area is 168 Å². The Morgan fingerprint density at radius 2 is 1.48 bits per heavy atom. The lowest BCUT2D eigenvalue weighted by molar-refractivity contribution is -0.136. The molecule has 0 aromatic heterocycles. The second-order valence-electron chi connectivity index (χ2n) is 5.47. The van der Waals surface area contributed by atoms with Gasteiger partial charge in [-0.25, -0.2) is 5.43 Å². The standard InChI is InChI=1S/C17H12ClF3N2O5S/c1-10(24)16(25)23-22-15(11-2-6-13(18)7-3-11)12-4-8-14(9-5-12)28-29(26,27)17(19,20)21/h2-9H,1H3,(H,23,25)/b22-15+. The number of ketones is 1. The topological polar surface area (TPSA) is 102 Å². The molecule has 0 fully saturated rings. The predicted octanol–water partition coefficient (Wildman–Crippen LogP) is 3.03. The molecule has 0 radical (unpaired) electrons. The van der Waals surface area contributed by atoms with Gasteiger partial charge in [0, 0.05) is 23.1 Å². The maximum Gasteiger partial charge on any atom is 0.534 e. The van der Waals surface area contributed by atoms with E-state index in [1.165, 1.54) is 24.3 Å². The Hall–Kier alpha value is -2.92. The first-order valence-corrected chi connectivity index (χ1v) is 9.45. The smallest absolute Gasteiger partial charge is 0.376 e. The molecule has 0 heterocycles. The highest BCUT2D eigenvalue weighted by molar-refractivity contribution is 7.88. The summed E-state index contributed by atoms with van der Waals surface area (Å²) in [6, 6.07) is 10.6. The van der Waals surface area contributed by atoms with E-state index in [9.17, 15) is 31.2 Å². The van der Waals surface area contributed by atoms with E-state index in [4.69, 9.17) is 11.6 Å². The van der Waals surface area contributed by atoms with Crippen molar-refractivity contribution in [1.29, 1.82) is 0 Å². The highest BCUT2D eigenvalue weighted by atomic mass is 35.5. The molecule has 0 spiro atoms. The van der Waals surface area contributed by atoms with Crippen molar-refractivity contribution in [2.45, 2.75) is 12.4 Å². The molecule has 29 heavy (non-hydrogen) atoms. The van der Waals surface area contributed by atoms with Crippen molar-refractivity contribution < 1.29 is 35.4 Å². The summed E-state index contributed by atoms with van der Waals surface area (Å²) in [7, 11) is -5.81. The number of nitrogens with zero attached hydrogens (tertiary/aromatic N) is 1. The summed E-state index contributed by atoms with van der Waals surface area (Å²) in [6.45, 7) is 1.04. The molecule has 7 nitrogen and oxygen atoms in total. The Bertz CT molecular complexity index is 1050. The predicted molar refractivity (Wildman–Crippen MR) is 98.0 cm³/mol. The number of halogens is 4. The van der Waals surface area contributed by atoms with Gasteiger partial charge in [0.25, 0.3) is 0 Å². The van der Waals surface area contributed by atoms with Crippen LogP contribution < -0.4 is 9.61 Å². The lowest BCUT2D eigenvalue weighted by atomic mass is 10.0. The number of hydrazone groups is 1. The lowest BCUT2D eigenvalue weighted by Gasteiger charge is -2.11. The first-order chi connectivity index (χ1) is 13.4. The Morgan fingerprint density at radius 3 is 1.93 bits per heavy atom. The minimum atomic E-state index is -5.81. The zero-order chi connectivity index (χ0) is 21.8. The van der Waals surface area contributed by atoms with Crippen LogP contribution in [0.5, 0.6) is 5.75 Å². The molecular weight excluding hydrogens is 437 g/mol. The largest absolute Gasteiger partial charge is 0.534 e. The first-order valence-electron chi connectivity index (χ1n) is 7.66. The maximum absolute atomic E-state index is 12.4. The molecule has 0 bridgehead atoms. The molecule has 12 heteroatoms. The van der Waals surface area contributed by atoms with Crippen molar-refractivity contribution >= 4 is 39.1 Å². The van der Waals surface area contributed by atoms with Gasteiger partial charge in [0.15, 0.2) is 0 Å². The third-order valence-corrected chi connectivity index (χ3v) is 4.55. The van der Waals surface area contributed by atoms with Crippen LogP contribution in [-0.4, -0.2) is 31.3 Å². The normalized spacial score (nSPS) is 12.4. The quantitative estimate of drug-likeness (QED) is 0.240. The number of hydrogen-bond acceptors (Lipinski definition) is 6. The van der Waals surface area contributed by atoms with Crippen LogP contribution in [0.2, 0.25) is 5.02 Å². The van der Waals surface area contributed by atoms with Gasteiger partial charge >= 0.3 is 21.5 Å². The van der Waals surface area contributed by atoms with Crippen molar-refractivity contribution in [3.8, 4) is 5.75 Å². The molecule has 2 aromatic rings. The van der Waals surface area contributed by atoms with E-state index in [0.717, 1.165) is 19.1 Å². The molecule has 1 N–H and O–H groups in total. The van der Waals surface area contributed by atoms with Gasteiger partial charge in [0.05, 0.1) is 5.71 Å².